The largest absolute Gasteiger partial charge is 0.493 e. The summed E-state index contributed by atoms with van der Waals surface area (Å²) >= 11 is 5.74. The van der Waals surface area contributed by atoms with E-state index in [-0.39, 0.29) is 16.3 Å². The summed E-state index contributed by atoms with van der Waals surface area (Å²) in [7, 11) is 3.16. The van der Waals surface area contributed by atoms with Crippen LogP contribution in [0.15, 0.2) is 33.9 Å². The summed E-state index contributed by atoms with van der Waals surface area (Å²) in [4.78, 5) is 28.4. The normalized spacial score (nSPS) is 15.1. The Labute approximate surface area is 167 Å². The summed E-state index contributed by atoms with van der Waals surface area (Å²) in [6.45, 7) is 4.56. The Balaban J connectivity index is 1.46. The van der Waals surface area contributed by atoms with Gasteiger partial charge >= 0.3 is 5.69 Å². The first-order valence-corrected chi connectivity index (χ1v) is 9.57. The number of hydrogen-bond donors (Lipinski definition) is 0. The van der Waals surface area contributed by atoms with Gasteiger partial charge in [-0.3, -0.25) is 18.8 Å². The van der Waals surface area contributed by atoms with Crippen LogP contribution in [0.3, 0.4) is 0 Å². The molecule has 0 amide bonds. The fraction of sp³-hybridized carbons (Fsp3) is 0.474. The minimum Gasteiger partial charge on any atom is -0.493 e. The number of hydrogen-bond acceptors (Lipinski definition) is 5. The van der Waals surface area contributed by atoms with Gasteiger partial charge in [-0.2, -0.15) is 0 Å². The molecule has 1 aromatic carbocycles. The highest BCUT2D eigenvalue weighted by Gasteiger charge is 2.20. The molecule has 2 heterocycles. The number of rotatable bonds is 6. The molecule has 1 saturated heterocycles. The van der Waals surface area contributed by atoms with Crippen molar-refractivity contribution < 1.29 is 9.13 Å². The van der Waals surface area contributed by atoms with E-state index < -0.39 is 5.82 Å². The van der Waals surface area contributed by atoms with Crippen LogP contribution in [0.25, 0.3) is 0 Å². The Morgan fingerprint density at radius 3 is 2.46 bits per heavy atom. The van der Waals surface area contributed by atoms with Crippen molar-refractivity contribution in [1.29, 1.82) is 0 Å². The molecule has 0 atom stereocenters. The molecule has 1 aromatic heterocycles. The molecule has 0 saturated carbocycles. The molecule has 152 valence electrons. The van der Waals surface area contributed by atoms with E-state index in [2.05, 4.69) is 9.80 Å². The van der Waals surface area contributed by atoms with E-state index in [1.165, 1.54) is 29.8 Å². The van der Waals surface area contributed by atoms with Crippen LogP contribution in [-0.2, 0) is 14.1 Å². The minimum absolute atomic E-state index is 0.0544. The fourth-order valence-corrected chi connectivity index (χ4v) is 3.44. The predicted octanol–water partition coefficient (Wildman–Crippen LogP) is 1.47. The molecule has 0 bridgehead atoms. The maximum absolute atomic E-state index is 13.1. The van der Waals surface area contributed by atoms with Crippen molar-refractivity contribution in [2.75, 3.05) is 44.2 Å². The molecule has 7 nitrogen and oxygen atoms in total. The fourth-order valence-electron chi connectivity index (χ4n) is 3.27. The van der Waals surface area contributed by atoms with Crippen molar-refractivity contribution in [2.24, 2.45) is 14.1 Å². The minimum atomic E-state index is -0.458. The van der Waals surface area contributed by atoms with Crippen molar-refractivity contribution >= 4 is 17.4 Å². The highest BCUT2D eigenvalue weighted by Crippen LogP contribution is 2.21. The van der Waals surface area contributed by atoms with Gasteiger partial charge in [0.05, 0.1) is 11.6 Å². The quantitative estimate of drug-likeness (QED) is 0.675. The first-order chi connectivity index (χ1) is 13.4. The molecule has 0 radical (unpaired) electrons. The van der Waals surface area contributed by atoms with E-state index in [0.29, 0.717) is 18.2 Å². The van der Waals surface area contributed by atoms with Gasteiger partial charge in [0.15, 0.2) is 0 Å². The van der Waals surface area contributed by atoms with Crippen molar-refractivity contribution in [3.05, 3.63) is 55.9 Å². The topological polar surface area (TPSA) is 59.7 Å². The molecule has 0 N–H and O–H groups in total. The van der Waals surface area contributed by atoms with Crippen LogP contribution in [0.4, 0.5) is 10.2 Å². The van der Waals surface area contributed by atoms with Gasteiger partial charge in [0.25, 0.3) is 5.56 Å². The average molecular weight is 411 g/mol. The summed E-state index contributed by atoms with van der Waals surface area (Å²) in [6.07, 6.45) is 0.833. The Kier molecular flexibility index (Phi) is 6.41. The SMILES string of the molecule is Cn1c(N2CCN(CCCOc3ccc(F)c(Cl)c3)CC2)cc(=O)n(C)c1=O. The van der Waals surface area contributed by atoms with Crippen LogP contribution < -0.4 is 20.9 Å². The van der Waals surface area contributed by atoms with Crippen LogP contribution in [-0.4, -0.2) is 53.4 Å². The van der Waals surface area contributed by atoms with E-state index in [9.17, 15) is 14.0 Å². The predicted molar refractivity (Wildman–Crippen MR) is 107 cm³/mol. The van der Waals surface area contributed by atoms with Crippen LogP contribution in [0.1, 0.15) is 6.42 Å². The second-order valence-corrected chi connectivity index (χ2v) is 7.26. The van der Waals surface area contributed by atoms with Crippen LogP contribution >= 0.6 is 11.6 Å². The van der Waals surface area contributed by atoms with E-state index in [1.807, 2.05) is 0 Å². The third-order valence-corrected chi connectivity index (χ3v) is 5.27. The lowest BCUT2D eigenvalue weighted by molar-refractivity contribution is 0.224. The van der Waals surface area contributed by atoms with Gasteiger partial charge in [0.1, 0.15) is 17.4 Å². The van der Waals surface area contributed by atoms with E-state index >= 15 is 0 Å². The van der Waals surface area contributed by atoms with Gasteiger partial charge < -0.3 is 9.64 Å². The Hall–Kier alpha value is -2.32. The van der Waals surface area contributed by atoms with Gasteiger partial charge in [-0.1, -0.05) is 11.6 Å². The lowest BCUT2D eigenvalue weighted by Gasteiger charge is -2.36. The van der Waals surface area contributed by atoms with Gasteiger partial charge in [-0.05, 0) is 18.6 Å². The lowest BCUT2D eigenvalue weighted by atomic mass is 10.3. The third-order valence-electron chi connectivity index (χ3n) is 4.98. The molecular weight excluding hydrogens is 387 g/mol. The standard InChI is InChI=1S/C19H24ClFN4O3/c1-22-17(13-18(26)23(2)19(22)27)25-9-7-24(8-10-25)6-3-11-28-14-4-5-16(21)15(20)12-14/h4-5,12-13H,3,6-11H2,1-2H3. The first kappa shape index (κ1) is 20.4. The maximum atomic E-state index is 13.1. The lowest BCUT2D eigenvalue weighted by Crippen LogP contribution is -2.49. The second kappa shape index (κ2) is 8.79. The van der Waals surface area contributed by atoms with Crippen LogP contribution in [0.2, 0.25) is 5.02 Å². The molecular formula is C19H24ClFN4O3. The van der Waals surface area contributed by atoms with Crippen molar-refractivity contribution in [1.82, 2.24) is 14.0 Å². The van der Waals surface area contributed by atoms with Crippen molar-refractivity contribution in [2.45, 2.75) is 6.42 Å². The smallest absolute Gasteiger partial charge is 0.332 e. The Bertz CT molecular complexity index is 951. The summed E-state index contributed by atoms with van der Waals surface area (Å²) < 4.78 is 21.4. The second-order valence-electron chi connectivity index (χ2n) is 6.85. The Morgan fingerprint density at radius 1 is 1.07 bits per heavy atom. The number of nitrogens with zero attached hydrogens (tertiary/aromatic N) is 4. The zero-order chi connectivity index (χ0) is 20.3. The van der Waals surface area contributed by atoms with Crippen molar-refractivity contribution in [3.63, 3.8) is 0 Å². The molecule has 0 aliphatic carbocycles. The van der Waals surface area contributed by atoms with Gasteiger partial charge in [-0.15, -0.1) is 0 Å². The van der Waals surface area contributed by atoms with Crippen LogP contribution in [0.5, 0.6) is 5.75 Å². The van der Waals surface area contributed by atoms with Crippen molar-refractivity contribution in [3.8, 4) is 5.75 Å². The molecule has 3 rings (SSSR count). The molecule has 1 fully saturated rings. The highest BCUT2D eigenvalue weighted by molar-refractivity contribution is 6.30. The first-order valence-electron chi connectivity index (χ1n) is 9.19. The third kappa shape index (κ3) is 4.56. The molecule has 0 spiro atoms. The Morgan fingerprint density at radius 2 is 1.79 bits per heavy atom. The maximum Gasteiger partial charge on any atom is 0.332 e. The molecule has 28 heavy (non-hydrogen) atoms. The highest BCUT2D eigenvalue weighted by atomic mass is 35.5. The zero-order valence-corrected chi connectivity index (χ0v) is 16.8. The summed E-state index contributed by atoms with van der Waals surface area (Å²) in [5.74, 6) is 0.757. The van der Waals surface area contributed by atoms with Gasteiger partial charge in [0, 0.05) is 59.0 Å². The monoisotopic (exact) mass is 410 g/mol. The summed E-state index contributed by atoms with van der Waals surface area (Å²) in [5.41, 5.74) is -0.610. The number of aromatic nitrogens is 2. The molecule has 1 aliphatic heterocycles. The molecule has 9 heteroatoms. The molecule has 1 aliphatic rings. The number of benzene rings is 1. The molecule has 2 aromatic rings. The number of anilines is 1. The van der Waals surface area contributed by atoms with E-state index in [0.717, 1.165) is 43.7 Å². The summed E-state index contributed by atoms with van der Waals surface area (Å²) in [5, 5.41) is 0.0544. The number of ether oxygens (including phenoxy) is 1. The number of piperazine rings is 1. The number of halogens is 2. The van der Waals surface area contributed by atoms with E-state index in [4.69, 9.17) is 16.3 Å². The zero-order valence-electron chi connectivity index (χ0n) is 16.0. The van der Waals surface area contributed by atoms with Gasteiger partial charge in [0.2, 0.25) is 0 Å². The van der Waals surface area contributed by atoms with Gasteiger partial charge in [-0.25, -0.2) is 9.18 Å². The van der Waals surface area contributed by atoms with E-state index in [1.54, 1.807) is 13.1 Å². The average Bonchev–Trinajstić information content (AvgIpc) is 2.69. The summed E-state index contributed by atoms with van der Waals surface area (Å²) in [6, 6.07) is 5.85. The van der Waals surface area contributed by atoms with Crippen LogP contribution in [0, 0.1) is 5.82 Å². The molecule has 0 unspecified atom stereocenters.